The third kappa shape index (κ3) is 4.54. The molecule has 0 bridgehead atoms. The summed E-state index contributed by atoms with van der Waals surface area (Å²) in [6, 6.07) is 24.6. The molecule has 2 amide bonds. The van der Waals surface area contributed by atoms with Crippen molar-refractivity contribution in [3.63, 3.8) is 0 Å². The van der Waals surface area contributed by atoms with Gasteiger partial charge in [-0.15, -0.1) is 0 Å². The highest BCUT2D eigenvalue weighted by Gasteiger charge is 2.18. The van der Waals surface area contributed by atoms with Crippen LogP contribution in [0.25, 0.3) is 22.3 Å². The smallest absolute Gasteiger partial charge is 0.291 e. The van der Waals surface area contributed by atoms with Crippen LogP contribution in [0.3, 0.4) is 0 Å². The topological polar surface area (TPSA) is 102 Å². The molecule has 0 saturated heterocycles. The largest absolute Gasteiger partial charge is 0.459 e. The van der Waals surface area contributed by atoms with E-state index in [4.69, 9.17) is 8.83 Å². The second-order valence-electron chi connectivity index (χ2n) is 8.24. The van der Waals surface area contributed by atoms with Crippen LogP contribution in [0.2, 0.25) is 0 Å². The molecule has 0 aliphatic carbocycles. The van der Waals surface area contributed by atoms with Crippen LogP contribution in [-0.4, -0.2) is 11.8 Å². The molecule has 7 heteroatoms. The summed E-state index contributed by atoms with van der Waals surface area (Å²) in [6.07, 6.45) is 1.44. The van der Waals surface area contributed by atoms with E-state index in [1.54, 1.807) is 61.5 Å². The number of fused-ring (bicyclic) bond motifs is 1. The van der Waals surface area contributed by atoms with Gasteiger partial charge in [-0.05, 0) is 48.9 Å². The van der Waals surface area contributed by atoms with Gasteiger partial charge in [0.25, 0.3) is 11.8 Å². The van der Waals surface area contributed by atoms with Gasteiger partial charge in [-0.1, -0.05) is 48.5 Å². The number of hydrogen-bond donors (Lipinski definition) is 2. The Morgan fingerprint density at radius 3 is 2.33 bits per heavy atom. The molecule has 2 N–H and O–H groups in total. The molecule has 3 aromatic carbocycles. The Hall–Kier alpha value is -4.91. The van der Waals surface area contributed by atoms with Crippen LogP contribution < -0.4 is 16.1 Å². The Balaban J connectivity index is 1.35. The minimum absolute atomic E-state index is 0.170. The second kappa shape index (κ2) is 9.76. The summed E-state index contributed by atoms with van der Waals surface area (Å²) in [5.41, 5.74) is 3.06. The highest BCUT2D eigenvalue weighted by Crippen LogP contribution is 2.27. The maximum absolute atomic E-state index is 13.1. The predicted molar refractivity (Wildman–Crippen MR) is 137 cm³/mol. The first-order valence-electron chi connectivity index (χ1n) is 11.3. The van der Waals surface area contributed by atoms with Gasteiger partial charge in [0.15, 0.2) is 16.8 Å². The van der Waals surface area contributed by atoms with E-state index >= 15 is 0 Å². The zero-order chi connectivity index (χ0) is 25.1. The van der Waals surface area contributed by atoms with Gasteiger partial charge in [-0.2, -0.15) is 0 Å². The number of rotatable bonds is 6. The van der Waals surface area contributed by atoms with Gasteiger partial charge in [0.2, 0.25) is 0 Å². The lowest BCUT2D eigenvalue weighted by Crippen LogP contribution is -2.23. The molecule has 0 spiro atoms. The minimum Gasteiger partial charge on any atom is -0.459 e. The van der Waals surface area contributed by atoms with Crippen LogP contribution in [0.5, 0.6) is 0 Å². The number of para-hydroxylation sites is 1. The zero-order valence-corrected chi connectivity index (χ0v) is 19.4. The molecular weight excluding hydrogens is 456 g/mol. The number of benzene rings is 3. The van der Waals surface area contributed by atoms with Crippen molar-refractivity contribution in [3.8, 4) is 11.3 Å². The van der Waals surface area contributed by atoms with E-state index in [2.05, 4.69) is 10.6 Å². The quantitative estimate of drug-likeness (QED) is 0.333. The van der Waals surface area contributed by atoms with Crippen molar-refractivity contribution < 1.29 is 18.4 Å². The third-order valence-corrected chi connectivity index (χ3v) is 5.84. The van der Waals surface area contributed by atoms with Crippen molar-refractivity contribution in [2.24, 2.45) is 0 Å². The lowest BCUT2D eigenvalue weighted by Gasteiger charge is -2.11. The molecule has 2 heterocycles. The van der Waals surface area contributed by atoms with Crippen molar-refractivity contribution in [1.29, 1.82) is 0 Å². The summed E-state index contributed by atoms with van der Waals surface area (Å²) in [5.74, 6) is -0.0374. The summed E-state index contributed by atoms with van der Waals surface area (Å²) in [4.78, 5) is 38.2. The number of furan rings is 1. The Kier molecular flexibility index (Phi) is 6.19. The van der Waals surface area contributed by atoms with Gasteiger partial charge in [0.05, 0.1) is 17.2 Å². The Morgan fingerprint density at radius 1 is 0.833 bits per heavy atom. The van der Waals surface area contributed by atoms with E-state index in [1.807, 2.05) is 30.3 Å². The molecule has 5 rings (SSSR count). The van der Waals surface area contributed by atoms with E-state index in [0.717, 1.165) is 11.1 Å². The molecule has 0 aliphatic rings. The summed E-state index contributed by atoms with van der Waals surface area (Å²) in [5, 5.41) is 5.99. The van der Waals surface area contributed by atoms with Crippen molar-refractivity contribution in [2.75, 3.05) is 5.32 Å². The average molecular weight is 479 g/mol. The van der Waals surface area contributed by atoms with Crippen LogP contribution in [0, 0.1) is 6.92 Å². The molecular formula is C29H22N2O5. The monoisotopic (exact) mass is 478 g/mol. The fourth-order valence-electron chi connectivity index (χ4n) is 3.94. The molecule has 0 fully saturated rings. The van der Waals surface area contributed by atoms with Gasteiger partial charge in [-0.25, -0.2) is 0 Å². The standard InChI is InChI=1S/C29H22N2O5/c1-18-25(32)22-9-5-10-23(27(22)36-26(18)20-7-3-2-4-8-20)28(33)30-17-19-12-14-21(15-13-19)31-29(34)24-11-6-16-35-24/h2-16H,17H2,1H3,(H,30,33)(H,31,34). The minimum atomic E-state index is -0.359. The number of carbonyl (C=O) groups is 2. The first kappa shape index (κ1) is 22.9. The van der Waals surface area contributed by atoms with Gasteiger partial charge < -0.3 is 19.5 Å². The SMILES string of the molecule is Cc1c(-c2ccccc2)oc2c(C(=O)NCc3ccc(NC(=O)c4ccco4)cc3)cccc2c1=O. The normalized spacial score (nSPS) is 10.8. The molecule has 0 atom stereocenters. The molecule has 2 aromatic heterocycles. The summed E-state index contributed by atoms with van der Waals surface area (Å²) in [7, 11) is 0. The predicted octanol–water partition coefficient (Wildman–Crippen LogP) is 5.54. The average Bonchev–Trinajstić information content (AvgIpc) is 3.46. The molecule has 0 saturated carbocycles. The Morgan fingerprint density at radius 2 is 1.61 bits per heavy atom. The van der Waals surface area contributed by atoms with E-state index in [9.17, 15) is 14.4 Å². The van der Waals surface area contributed by atoms with Crippen LogP contribution in [0.15, 0.2) is 105 Å². The Labute approximate surface area is 206 Å². The maximum Gasteiger partial charge on any atom is 0.291 e. The second-order valence-corrected chi connectivity index (χ2v) is 8.24. The molecule has 0 aliphatic heterocycles. The molecule has 7 nitrogen and oxygen atoms in total. The molecule has 178 valence electrons. The number of anilines is 1. The number of hydrogen-bond acceptors (Lipinski definition) is 5. The van der Waals surface area contributed by atoms with Crippen LogP contribution in [0.1, 0.15) is 32.0 Å². The number of amides is 2. The lowest BCUT2D eigenvalue weighted by atomic mass is 10.0. The van der Waals surface area contributed by atoms with Gasteiger partial charge >= 0.3 is 0 Å². The summed E-state index contributed by atoms with van der Waals surface area (Å²) < 4.78 is 11.2. The third-order valence-electron chi connectivity index (χ3n) is 5.84. The van der Waals surface area contributed by atoms with E-state index in [0.29, 0.717) is 22.4 Å². The van der Waals surface area contributed by atoms with Crippen LogP contribution >= 0.6 is 0 Å². The molecule has 0 unspecified atom stereocenters. The zero-order valence-electron chi connectivity index (χ0n) is 19.4. The maximum atomic E-state index is 13.1. The van der Waals surface area contributed by atoms with Crippen molar-refractivity contribution in [2.45, 2.75) is 13.5 Å². The van der Waals surface area contributed by atoms with E-state index < -0.39 is 0 Å². The van der Waals surface area contributed by atoms with Crippen LogP contribution in [0.4, 0.5) is 5.69 Å². The Bertz CT molecular complexity index is 1600. The number of nitrogens with one attached hydrogen (secondary N) is 2. The van der Waals surface area contributed by atoms with Gasteiger partial charge in [0.1, 0.15) is 5.76 Å². The number of carbonyl (C=O) groups excluding carboxylic acids is 2. The fourth-order valence-corrected chi connectivity index (χ4v) is 3.94. The van der Waals surface area contributed by atoms with Crippen molar-refractivity contribution >= 4 is 28.5 Å². The van der Waals surface area contributed by atoms with Gasteiger partial charge in [-0.3, -0.25) is 14.4 Å². The highest BCUT2D eigenvalue weighted by atomic mass is 16.3. The lowest BCUT2D eigenvalue weighted by molar-refractivity contribution is 0.0950. The summed E-state index contributed by atoms with van der Waals surface area (Å²) >= 11 is 0. The van der Waals surface area contributed by atoms with Gasteiger partial charge in [0, 0.05) is 23.4 Å². The van der Waals surface area contributed by atoms with E-state index in [-0.39, 0.29) is 40.7 Å². The molecule has 5 aromatic rings. The van der Waals surface area contributed by atoms with Crippen molar-refractivity contribution in [3.05, 3.63) is 124 Å². The highest BCUT2D eigenvalue weighted by molar-refractivity contribution is 6.05. The van der Waals surface area contributed by atoms with E-state index in [1.165, 1.54) is 6.26 Å². The first-order valence-corrected chi connectivity index (χ1v) is 11.3. The molecule has 0 radical (unpaired) electrons. The summed E-state index contributed by atoms with van der Waals surface area (Å²) in [6.45, 7) is 1.98. The van der Waals surface area contributed by atoms with Crippen LogP contribution in [-0.2, 0) is 6.54 Å². The fraction of sp³-hybridized carbons (Fsp3) is 0.0690. The van der Waals surface area contributed by atoms with Crippen molar-refractivity contribution in [1.82, 2.24) is 5.32 Å². The molecule has 36 heavy (non-hydrogen) atoms. The first-order chi connectivity index (χ1) is 17.5.